The number of rotatable bonds is 7. The van der Waals surface area contributed by atoms with Gasteiger partial charge in [0.1, 0.15) is 11.9 Å². The van der Waals surface area contributed by atoms with Crippen molar-refractivity contribution in [2.45, 2.75) is 46.2 Å². The summed E-state index contributed by atoms with van der Waals surface area (Å²) in [4.78, 5) is 16.1. The van der Waals surface area contributed by atoms with Gasteiger partial charge in [0, 0.05) is 12.8 Å². The summed E-state index contributed by atoms with van der Waals surface area (Å²) in [6, 6.07) is -0.378. The van der Waals surface area contributed by atoms with Crippen molar-refractivity contribution in [1.82, 2.24) is 20.1 Å². The van der Waals surface area contributed by atoms with Crippen molar-refractivity contribution in [2.75, 3.05) is 13.7 Å². The summed E-state index contributed by atoms with van der Waals surface area (Å²) in [5.74, 6) is 1.44. The highest BCUT2D eigenvalue weighted by Crippen LogP contribution is 2.03. The van der Waals surface area contributed by atoms with Crippen molar-refractivity contribution in [2.24, 2.45) is 0 Å². The monoisotopic (exact) mass is 254 g/mol. The number of hydrogen-bond acceptors (Lipinski definition) is 5. The highest BCUT2D eigenvalue weighted by Gasteiger charge is 2.20. The largest absolute Gasteiger partial charge is 0.468 e. The van der Waals surface area contributed by atoms with E-state index in [1.54, 1.807) is 4.68 Å². The lowest BCUT2D eigenvalue weighted by molar-refractivity contribution is -0.143. The van der Waals surface area contributed by atoms with Crippen molar-refractivity contribution in [3.63, 3.8) is 0 Å². The second-order valence-corrected chi connectivity index (χ2v) is 3.97. The van der Waals surface area contributed by atoms with Crippen LogP contribution in [0.25, 0.3) is 0 Å². The molecule has 1 aromatic heterocycles. The quantitative estimate of drug-likeness (QED) is 0.720. The summed E-state index contributed by atoms with van der Waals surface area (Å²) in [6.07, 6.45) is 1.59. The third kappa shape index (κ3) is 3.53. The number of carbonyl (C=O) groups excluding carboxylic acids is 1. The maximum atomic E-state index is 11.6. The first-order valence-electron chi connectivity index (χ1n) is 6.39. The summed E-state index contributed by atoms with van der Waals surface area (Å²) < 4.78 is 6.58. The molecule has 0 saturated heterocycles. The van der Waals surface area contributed by atoms with E-state index in [9.17, 15) is 4.79 Å². The topological polar surface area (TPSA) is 69.0 Å². The fourth-order valence-electron chi connectivity index (χ4n) is 1.77. The number of aryl methyl sites for hydroxylation is 2. The Morgan fingerprint density at radius 2 is 2.11 bits per heavy atom. The Balaban J connectivity index is 2.85. The molecule has 0 aliphatic heterocycles. The number of hydrogen-bond donors (Lipinski definition) is 1. The number of likely N-dealkylation sites (N-methyl/N-ethyl adjacent to an activating group) is 1. The average Bonchev–Trinajstić information content (AvgIpc) is 2.79. The molecule has 1 N–H and O–H groups in total. The van der Waals surface area contributed by atoms with Crippen LogP contribution in [0.15, 0.2) is 0 Å². The standard InChI is InChI=1S/C12H22N4O2/c1-5-10-14-11(6-2)16(15-10)8-9(13-7-3)12(17)18-4/h9,13H,5-8H2,1-4H3. The molecule has 0 aliphatic carbocycles. The minimum Gasteiger partial charge on any atom is -0.468 e. The third-order valence-electron chi connectivity index (χ3n) is 2.72. The smallest absolute Gasteiger partial charge is 0.324 e. The Bertz CT molecular complexity index is 389. The molecule has 0 saturated carbocycles. The summed E-state index contributed by atoms with van der Waals surface area (Å²) in [7, 11) is 1.40. The van der Waals surface area contributed by atoms with Crippen molar-refractivity contribution in [3.05, 3.63) is 11.6 Å². The van der Waals surface area contributed by atoms with Gasteiger partial charge >= 0.3 is 5.97 Å². The molecule has 6 nitrogen and oxygen atoms in total. The lowest BCUT2D eigenvalue weighted by atomic mass is 10.3. The number of nitrogens with zero attached hydrogens (tertiary/aromatic N) is 3. The van der Waals surface area contributed by atoms with Crippen LogP contribution in [0, 0.1) is 0 Å². The first kappa shape index (κ1) is 14.6. The van der Waals surface area contributed by atoms with Gasteiger partial charge in [0.15, 0.2) is 5.82 Å². The van der Waals surface area contributed by atoms with Crippen LogP contribution in [0.3, 0.4) is 0 Å². The molecule has 18 heavy (non-hydrogen) atoms. The molecule has 0 aliphatic rings. The second kappa shape index (κ2) is 7.10. The molecule has 0 spiro atoms. The van der Waals surface area contributed by atoms with Gasteiger partial charge in [-0.3, -0.25) is 4.79 Å². The second-order valence-electron chi connectivity index (χ2n) is 3.97. The van der Waals surface area contributed by atoms with E-state index < -0.39 is 0 Å². The molecule has 0 aromatic carbocycles. The van der Waals surface area contributed by atoms with Crippen LogP contribution in [0.1, 0.15) is 32.4 Å². The molecule has 0 amide bonds. The highest BCUT2D eigenvalue weighted by molar-refractivity contribution is 5.75. The fourth-order valence-corrected chi connectivity index (χ4v) is 1.77. The minimum absolute atomic E-state index is 0.271. The molecule has 1 unspecified atom stereocenters. The van der Waals surface area contributed by atoms with Crippen LogP contribution in [0.2, 0.25) is 0 Å². The van der Waals surface area contributed by atoms with Crippen molar-refractivity contribution in [3.8, 4) is 0 Å². The van der Waals surface area contributed by atoms with Gasteiger partial charge in [0.25, 0.3) is 0 Å². The molecule has 1 atom stereocenters. The van der Waals surface area contributed by atoms with Gasteiger partial charge in [-0.25, -0.2) is 9.67 Å². The number of aromatic nitrogens is 3. The minimum atomic E-state index is -0.378. The van der Waals surface area contributed by atoms with E-state index in [2.05, 4.69) is 15.4 Å². The van der Waals surface area contributed by atoms with Gasteiger partial charge < -0.3 is 10.1 Å². The van der Waals surface area contributed by atoms with Crippen molar-refractivity contribution < 1.29 is 9.53 Å². The number of nitrogens with one attached hydrogen (secondary N) is 1. The van der Waals surface area contributed by atoms with E-state index in [1.165, 1.54) is 7.11 Å². The third-order valence-corrected chi connectivity index (χ3v) is 2.72. The zero-order valence-electron chi connectivity index (χ0n) is 11.6. The van der Waals surface area contributed by atoms with Crippen molar-refractivity contribution in [1.29, 1.82) is 0 Å². The average molecular weight is 254 g/mol. The van der Waals surface area contributed by atoms with E-state index in [0.717, 1.165) is 24.5 Å². The van der Waals surface area contributed by atoms with E-state index in [0.29, 0.717) is 13.1 Å². The van der Waals surface area contributed by atoms with E-state index in [4.69, 9.17) is 4.74 Å². The number of carbonyl (C=O) groups is 1. The molecule has 1 heterocycles. The summed E-state index contributed by atoms with van der Waals surface area (Å²) >= 11 is 0. The molecule has 0 fully saturated rings. The normalized spacial score (nSPS) is 12.4. The van der Waals surface area contributed by atoms with Gasteiger partial charge in [0.05, 0.1) is 13.7 Å². The number of methoxy groups -OCH3 is 1. The van der Waals surface area contributed by atoms with Gasteiger partial charge in [0.2, 0.25) is 0 Å². The molecule has 0 bridgehead atoms. The first-order valence-corrected chi connectivity index (χ1v) is 6.39. The molecular formula is C12H22N4O2. The van der Waals surface area contributed by atoms with Gasteiger partial charge in [-0.1, -0.05) is 20.8 Å². The Hall–Kier alpha value is -1.43. The molecule has 1 aromatic rings. The van der Waals surface area contributed by atoms with Gasteiger partial charge in [-0.05, 0) is 6.54 Å². The Labute approximate surface area is 108 Å². The van der Waals surface area contributed by atoms with E-state index in [-0.39, 0.29) is 12.0 Å². The molecule has 102 valence electrons. The lowest BCUT2D eigenvalue weighted by Crippen LogP contribution is -2.41. The zero-order valence-corrected chi connectivity index (χ0v) is 11.6. The zero-order chi connectivity index (χ0) is 13.5. The number of ether oxygens (including phenoxy) is 1. The highest BCUT2D eigenvalue weighted by atomic mass is 16.5. The van der Waals surface area contributed by atoms with Crippen LogP contribution in [-0.2, 0) is 28.9 Å². The Morgan fingerprint density at radius 3 is 2.61 bits per heavy atom. The maximum absolute atomic E-state index is 11.6. The van der Waals surface area contributed by atoms with Crippen LogP contribution < -0.4 is 5.32 Å². The van der Waals surface area contributed by atoms with Crippen LogP contribution in [0.4, 0.5) is 0 Å². The van der Waals surface area contributed by atoms with Crippen molar-refractivity contribution >= 4 is 5.97 Å². The SMILES string of the molecule is CCNC(Cn1nc(CC)nc1CC)C(=O)OC. The maximum Gasteiger partial charge on any atom is 0.324 e. The lowest BCUT2D eigenvalue weighted by Gasteiger charge is -2.16. The van der Waals surface area contributed by atoms with Crippen LogP contribution in [0.5, 0.6) is 0 Å². The molecule has 1 rings (SSSR count). The van der Waals surface area contributed by atoms with E-state index >= 15 is 0 Å². The molecular weight excluding hydrogens is 232 g/mol. The molecule has 0 radical (unpaired) electrons. The summed E-state index contributed by atoms with van der Waals surface area (Å²) in [5.41, 5.74) is 0. The summed E-state index contributed by atoms with van der Waals surface area (Å²) in [5, 5.41) is 7.49. The van der Waals surface area contributed by atoms with Gasteiger partial charge in [-0.2, -0.15) is 5.10 Å². The van der Waals surface area contributed by atoms with Crippen LogP contribution in [-0.4, -0.2) is 40.4 Å². The Morgan fingerprint density at radius 1 is 1.39 bits per heavy atom. The molecule has 6 heteroatoms. The predicted molar refractivity (Wildman–Crippen MR) is 68.3 cm³/mol. The van der Waals surface area contributed by atoms with Gasteiger partial charge in [-0.15, -0.1) is 0 Å². The Kier molecular flexibility index (Phi) is 5.77. The summed E-state index contributed by atoms with van der Waals surface area (Å²) in [6.45, 7) is 7.16. The van der Waals surface area contributed by atoms with E-state index in [1.807, 2.05) is 20.8 Å². The predicted octanol–water partition coefficient (Wildman–Crippen LogP) is 0.554. The van der Waals surface area contributed by atoms with Crippen LogP contribution >= 0.6 is 0 Å². The first-order chi connectivity index (χ1) is 8.65. The number of esters is 1. The fraction of sp³-hybridized carbons (Fsp3) is 0.750.